The molecule has 0 spiro atoms. The smallest absolute Gasteiger partial charge is 0.372 e. The van der Waals surface area contributed by atoms with Crippen molar-refractivity contribution in [3.8, 4) is 5.75 Å². The summed E-state index contributed by atoms with van der Waals surface area (Å²) in [5, 5.41) is 9.49. The summed E-state index contributed by atoms with van der Waals surface area (Å²) in [4.78, 5) is 10.8. The Morgan fingerprint density at radius 3 is 2.94 bits per heavy atom. The summed E-state index contributed by atoms with van der Waals surface area (Å²) in [5.41, 5.74) is 1.31. The number of ether oxygens (including phenoxy) is 1. The van der Waals surface area contributed by atoms with E-state index < -0.39 is 5.97 Å². The van der Waals surface area contributed by atoms with Crippen LogP contribution in [0.1, 0.15) is 21.7 Å². The highest BCUT2D eigenvalue weighted by atomic mass is 35.5. The second-order valence-corrected chi connectivity index (χ2v) is 4.14. The molecule has 0 saturated heterocycles. The Hall–Kier alpha value is -1.94. The molecule has 0 unspecified atom stereocenters. The average molecular weight is 267 g/mol. The van der Waals surface area contributed by atoms with E-state index in [2.05, 4.69) is 0 Å². The van der Waals surface area contributed by atoms with Gasteiger partial charge in [0.1, 0.15) is 12.4 Å². The first-order chi connectivity index (χ1) is 8.59. The van der Waals surface area contributed by atoms with Gasteiger partial charge in [-0.3, -0.25) is 0 Å². The summed E-state index contributed by atoms with van der Waals surface area (Å²) < 4.78 is 10.4. The Bertz CT molecular complexity index is 574. The van der Waals surface area contributed by atoms with Gasteiger partial charge in [-0.15, -0.1) is 0 Å². The lowest BCUT2D eigenvalue weighted by Crippen LogP contribution is -2.03. The summed E-state index contributed by atoms with van der Waals surface area (Å²) in [6.45, 7) is 1.96. The van der Waals surface area contributed by atoms with Crippen molar-refractivity contribution in [3.63, 3.8) is 0 Å². The van der Waals surface area contributed by atoms with Gasteiger partial charge in [0.15, 0.2) is 0 Å². The SMILES string of the molecule is Cc1c(Cl)cccc1OCc1ccoc1C(=O)O. The molecule has 1 aromatic heterocycles. The van der Waals surface area contributed by atoms with E-state index in [9.17, 15) is 4.79 Å². The third-order valence-corrected chi connectivity index (χ3v) is 2.95. The number of hydrogen-bond donors (Lipinski definition) is 1. The zero-order chi connectivity index (χ0) is 13.1. The number of halogens is 1. The fourth-order valence-electron chi connectivity index (χ4n) is 1.54. The number of aromatic carboxylic acids is 1. The summed E-state index contributed by atoms with van der Waals surface area (Å²) in [6, 6.07) is 6.90. The Labute approximate surface area is 109 Å². The second-order valence-electron chi connectivity index (χ2n) is 3.73. The van der Waals surface area contributed by atoms with Crippen LogP contribution in [0.15, 0.2) is 34.9 Å². The van der Waals surface area contributed by atoms with E-state index in [1.165, 1.54) is 6.26 Å². The van der Waals surface area contributed by atoms with Crippen molar-refractivity contribution < 1.29 is 19.1 Å². The molecule has 2 rings (SSSR count). The van der Waals surface area contributed by atoms with Crippen LogP contribution in [0.3, 0.4) is 0 Å². The molecular formula is C13H11ClO4. The first kappa shape index (κ1) is 12.5. The average Bonchev–Trinajstić information content (AvgIpc) is 2.79. The molecule has 1 aromatic carbocycles. The van der Waals surface area contributed by atoms with Crippen molar-refractivity contribution in [2.45, 2.75) is 13.5 Å². The molecule has 18 heavy (non-hydrogen) atoms. The van der Waals surface area contributed by atoms with Crippen molar-refractivity contribution >= 4 is 17.6 Å². The van der Waals surface area contributed by atoms with Gasteiger partial charge >= 0.3 is 5.97 Å². The predicted octanol–water partition coefficient (Wildman–Crippen LogP) is 3.52. The van der Waals surface area contributed by atoms with Crippen molar-refractivity contribution in [3.05, 3.63) is 52.4 Å². The lowest BCUT2D eigenvalue weighted by Gasteiger charge is -2.09. The van der Waals surface area contributed by atoms with Crippen LogP contribution in [0.25, 0.3) is 0 Å². The fraction of sp³-hybridized carbons (Fsp3) is 0.154. The largest absolute Gasteiger partial charge is 0.488 e. The molecule has 0 radical (unpaired) electrons. The Morgan fingerprint density at radius 1 is 1.44 bits per heavy atom. The molecule has 1 N–H and O–H groups in total. The van der Waals surface area contributed by atoms with Gasteiger partial charge in [0.25, 0.3) is 0 Å². The third kappa shape index (κ3) is 2.49. The van der Waals surface area contributed by atoms with E-state index in [-0.39, 0.29) is 12.4 Å². The van der Waals surface area contributed by atoms with Gasteiger partial charge in [-0.25, -0.2) is 4.79 Å². The van der Waals surface area contributed by atoms with E-state index in [1.54, 1.807) is 24.3 Å². The molecule has 0 aliphatic carbocycles. The van der Waals surface area contributed by atoms with E-state index in [0.29, 0.717) is 16.3 Å². The maximum absolute atomic E-state index is 10.8. The normalized spacial score (nSPS) is 10.3. The highest BCUT2D eigenvalue weighted by Gasteiger charge is 2.14. The number of carboxylic acid groups (broad SMARTS) is 1. The molecule has 0 atom stereocenters. The van der Waals surface area contributed by atoms with E-state index in [4.69, 9.17) is 25.9 Å². The molecule has 0 fully saturated rings. The zero-order valence-electron chi connectivity index (χ0n) is 9.64. The number of carboxylic acids is 1. The van der Waals surface area contributed by atoms with Crippen molar-refractivity contribution in [2.75, 3.05) is 0 Å². The van der Waals surface area contributed by atoms with E-state index >= 15 is 0 Å². The van der Waals surface area contributed by atoms with Crippen LogP contribution >= 0.6 is 11.6 Å². The number of hydrogen-bond acceptors (Lipinski definition) is 3. The third-order valence-electron chi connectivity index (χ3n) is 2.54. The maximum atomic E-state index is 10.8. The van der Waals surface area contributed by atoms with Gasteiger partial charge in [0, 0.05) is 16.1 Å². The Morgan fingerprint density at radius 2 is 2.22 bits per heavy atom. The van der Waals surface area contributed by atoms with Crippen LogP contribution in [-0.2, 0) is 6.61 Å². The second kappa shape index (κ2) is 5.14. The summed E-state index contributed by atoms with van der Waals surface area (Å²) in [7, 11) is 0. The lowest BCUT2D eigenvalue weighted by molar-refractivity contribution is 0.0658. The number of benzene rings is 1. The quantitative estimate of drug-likeness (QED) is 0.920. The van der Waals surface area contributed by atoms with E-state index in [1.807, 2.05) is 6.92 Å². The highest BCUT2D eigenvalue weighted by Crippen LogP contribution is 2.26. The lowest BCUT2D eigenvalue weighted by atomic mass is 10.2. The van der Waals surface area contributed by atoms with Gasteiger partial charge in [-0.05, 0) is 25.1 Å². The van der Waals surface area contributed by atoms with Crippen molar-refractivity contribution in [2.24, 2.45) is 0 Å². The van der Waals surface area contributed by atoms with Gasteiger partial charge in [-0.1, -0.05) is 17.7 Å². The number of rotatable bonds is 4. The number of carbonyl (C=O) groups is 1. The monoisotopic (exact) mass is 266 g/mol. The molecule has 0 aliphatic rings. The maximum Gasteiger partial charge on any atom is 0.372 e. The van der Waals surface area contributed by atoms with Crippen LogP contribution in [-0.4, -0.2) is 11.1 Å². The zero-order valence-corrected chi connectivity index (χ0v) is 10.4. The summed E-state index contributed by atoms with van der Waals surface area (Å²) in [5.74, 6) is -0.587. The minimum absolute atomic E-state index is 0.102. The van der Waals surface area contributed by atoms with Gasteiger partial charge < -0.3 is 14.3 Å². The minimum Gasteiger partial charge on any atom is -0.488 e. The van der Waals surface area contributed by atoms with Crippen molar-refractivity contribution in [1.82, 2.24) is 0 Å². The Kier molecular flexibility index (Phi) is 3.58. The molecule has 0 saturated carbocycles. The molecule has 0 aliphatic heterocycles. The van der Waals surface area contributed by atoms with Crippen LogP contribution in [0.4, 0.5) is 0 Å². The molecular weight excluding hydrogens is 256 g/mol. The van der Waals surface area contributed by atoms with Crippen LogP contribution in [0.2, 0.25) is 5.02 Å². The van der Waals surface area contributed by atoms with E-state index in [0.717, 1.165) is 5.56 Å². The number of furan rings is 1. The van der Waals surface area contributed by atoms with Gasteiger partial charge in [-0.2, -0.15) is 0 Å². The minimum atomic E-state index is -1.11. The van der Waals surface area contributed by atoms with Crippen LogP contribution < -0.4 is 4.74 Å². The van der Waals surface area contributed by atoms with Gasteiger partial charge in [0.2, 0.25) is 5.76 Å². The molecule has 4 nitrogen and oxygen atoms in total. The summed E-state index contributed by atoms with van der Waals surface area (Å²) in [6.07, 6.45) is 1.33. The predicted molar refractivity (Wildman–Crippen MR) is 66.2 cm³/mol. The first-order valence-corrected chi connectivity index (χ1v) is 5.65. The highest BCUT2D eigenvalue weighted by molar-refractivity contribution is 6.31. The topological polar surface area (TPSA) is 59.7 Å². The van der Waals surface area contributed by atoms with Crippen molar-refractivity contribution in [1.29, 1.82) is 0 Å². The molecule has 5 heteroatoms. The molecule has 0 amide bonds. The van der Waals surface area contributed by atoms with Gasteiger partial charge in [0.05, 0.1) is 6.26 Å². The molecule has 2 aromatic rings. The molecule has 0 bridgehead atoms. The molecule has 94 valence electrons. The summed E-state index contributed by atoms with van der Waals surface area (Å²) >= 11 is 5.96. The van der Waals surface area contributed by atoms with Crippen LogP contribution in [0.5, 0.6) is 5.75 Å². The standard InChI is InChI=1S/C13H11ClO4/c1-8-10(14)3-2-4-11(8)18-7-9-5-6-17-12(9)13(15)16/h2-6H,7H2,1H3,(H,15,16). The Balaban J connectivity index is 2.14. The van der Waals surface area contributed by atoms with Crippen LogP contribution in [0, 0.1) is 6.92 Å². The first-order valence-electron chi connectivity index (χ1n) is 5.27. The fourth-order valence-corrected chi connectivity index (χ4v) is 1.70. The molecule has 1 heterocycles.